The number of carbonyl (C=O) groups is 1. The topological polar surface area (TPSA) is 57.7 Å². The minimum atomic E-state index is -3.25. The summed E-state index contributed by atoms with van der Waals surface area (Å²) in [7, 11) is -3.25. The lowest BCUT2D eigenvalue weighted by Gasteiger charge is -2.22. The fraction of sp³-hybridized carbons (Fsp3) is 0.235. The van der Waals surface area contributed by atoms with E-state index in [4.69, 9.17) is 0 Å². The van der Waals surface area contributed by atoms with Crippen LogP contribution in [-0.2, 0) is 9.84 Å². The first-order chi connectivity index (χ1) is 11.9. The van der Waals surface area contributed by atoms with Crippen molar-refractivity contribution in [2.24, 2.45) is 0 Å². The second-order valence-electron chi connectivity index (χ2n) is 6.19. The maximum absolute atomic E-state index is 13.2. The van der Waals surface area contributed by atoms with Gasteiger partial charge in [0.2, 0.25) is 0 Å². The maximum atomic E-state index is 13.2. The molecule has 130 valence electrons. The van der Waals surface area contributed by atoms with E-state index in [1.807, 2.05) is 12.1 Å². The zero-order valence-electron chi connectivity index (χ0n) is 13.0. The van der Waals surface area contributed by atoms with Crippen LogP contribution >= 0.6 is 15.9 Å². The van der Waals surface area contributed by atoms with Crippen molar-refractivity contribution in [3.8, 4) is 0 Å². The molecule has 0 saturated carbocycles. The third kappa shape index (κ3) is 2.83. The minimum absolute atomic E-state index is 0.0723. The van der Waals surface area contributed by atoms with Gasteiger partial charge in [-0.25, -0.2) is 17.6 Å². The van der Waals surface area contributed by atoms with Crippen molar-refractivity contribution >= 4 is 43.2 Å². The molecule has 0 bridgehead atoms. The molecule has 2 atom stereocenters. The van der Waals surface area contributed by atoms with Crippen molar-refractivity contribution in [3.05, 3.63) is 58.8 Å². The first kappa shape index (κ1) is 16.5. The van der Waals surface area contributed by atoms with Crippen LogP contribution < -0.4 is 9.80 Å². The number of anilines is 2. The summed E-state index contributed by atoms with van der Waals surface area (Å²) in [5.41, 5.74) is 1.14. The predicted molar refractivity (Wildman–Crippen MR) is 97.1 cm³/mol. The molecule has 0 aliphatic carbocycles. The Morgan fingerprint density at radius 1 is 0.880 bits per heavy atom. The number of fused-ring (bicyclic) bond motifs is 1. The largest absolute Gasteiger partial charge is 0.329 e. The monoisotopic (exact) mass is 424 g/mol. The van der Waals surface area contributed by atoms with E-state index in [1.54, 1.807) is 12.1 Å². The van der Waals surface area contributed by atoms with Gasteiger partial charge in [0.25, 0.3) is 0 Å². The second-order valence-corrected chi connectivity index (χ2v) is 9.26. The molecule has 0 N–H and O–H groups in total. The minimum Gasteiger partial charge on any atom is -0.288 e. The van der Waals surface area contributed by atoms with Crippen LogP contribution in [0, 0.1) is 5.82 Å². The maximum Gasteiger partial charge on any atom is 0.329 e. The van der Waals surface area contributed by atoms with Crippen LogP contribution in [0.2, 0.25) is 0 Å². The molecule has 5 nitrogen and oxygen atoms in total. The fourth-order valence-corrected chi connectivity index (χ4v) is 5.69. The van der Waals surface area contributed by atoms with Gasteiger partial charge in [0, 0.05) is 15.8 Å². The lowest BCUT2D eigenvalue weighted by molar-refractivity contribution is 0.255. The molecule has 2 heterocycles. The van der Waals surface area contributed by atoms with Gasteiger partial charge in [0.05, 0.1) is 23.6 Å². The average Bonchev–Trinajstić information content (AvgIpc) is 2.99. The van der Waals surface area contributed by atoms with Gasteiger partial charge >= 0.3 is 6.03 Å². The van der Waals surface area contributed by atoms with Crippen LogP contribution in [-0.4, -0.2) is 38.0 Å². The van der Waals surface area contributed by atoms with Gasteiger partial charge in [-0.05, 0) is 48.5 Å². The highest BCUT2D eigenvalue weighted by molar-refractivity contribution is 9.10. The molecule has 0 unspecified atom stereocenters. The molecule has 0 spiro atoms. The summed E-state index contributed by atoms with van der Waals surface area (Å²) >= 11 is 3.35. The number of halogens is 2. The number of nitrogens with zero attached hydrogens (tertiary/aromatic N) is 2. The van der Waals surface area contributed by atoms with E-state index < -0.39 is 27.7 Å². The molecular formula is C17H14BrFN2O3S. The van der Waals surface area contributed by atoms with Gasteiger partial charge in [0.1, 0.15) is 5.82 Å². The SMILES string of the molecule is O=C1N(c2ccc(F)cc2)[C@@H]2CS(=O)(=O)C[C@@H]2N1c1ccc(Br)cc1. The number of urea groups is 1. The van der Waals surface area contributed by atoms with Gasteiger partial charge < -0.3 is 0 Å². The quantitative estimate of drug-likeness (QED) is 0.695. The molecule has 25 heavy (non-hydrogen) atoms. The zero-order chi connectivity index (χ0) is 17.8. The van der Waals surface area contributed by atoms with Crippen LogP contribution in [0.1, 0.15) is 0 Å². The summed E-state index contributed by atoms with van der Waals surface area (Å²) in [6.07, 6.45) is 0. The van der Waals surface area contributed by atoms with Gasteiger partial charge in [-0.3, -0.25) is 9.80 Å². The average molecular weight is 425 g/mol. The Kier molecular flexibility index (Phi) is 3.84. The van der Waals surface area contributed by atoms with Gasteiger partial charge in [-0.2, -0.15) is 0 Å². The smallest absolute Gasteiger partial charge is 0.288 e. The number of hydrogen-bond acceptors (Lipinski definition) is 3. The number of amides is 2. The third-order valence-electron chi connectivity index (χ3n) is 4.58. The lowest BCUT2D eigenvalue weighted by atomic mass is 10.1. The van der Waals surface area contributed by atoms with E-state index in [-0.39, 0.29) is 17.5 Å². The van der Waals surface area contributed by atoms with Crippen molar-refractivity contribution in [2.45, 2.75) is 12.1 Å². The molecule has 2 aromatic rings. The van der Waals surface area contributed by atoms with Crippen LogP contribution in [0.3, 0.4) is 0 Å². The number of sulfone groups is 1. The van der Waals surface area contributed by atoms with Crippen molar-refractivity contribution in [3.63, 3.8) is 0 Å². The van der Waals surface area contributed by atoms with E-state index in [9.17, 15) is 17.6 Å². The predicted octanol–water partition coefficient (Wildman–Crippen LogP) is 3.20. The lowest BCUT2D eigenvalue weighted by Crippen LogP contribution is -2.37. The van der Waals surface area contributed by atoms with Crippen molar-refractivity contribution in [1.29, 1.82) is 0 Å². The van der Waals surface area contributed by atoms with Gasteiger partial charge in [-0.15, -0.1) is 0 Å². The van der Waals surface area contributed by atoms with Gasteiger partial charge in [-0.1, -0.05) is 15.9 Å². The fourth-order valence-electron chi connectivity index (χ4n) is 3.51. The van der Waals surface area contributed by atoms with Crippen molar-refractivity contribution in [2.75, 3.05) is 21.3 Å². The standard InChI is InChI=1S/C17H14BrFN2O3S/c18-11-1-5-13(6-2-11)20-15-9-25(23,24)10-16(15)21(17(20)22)14-7-3-12(19)4-8-14/h1-8,15-16H,9-10H2/t15-,16+/m0/s1. The summed E-state index contributed by atoms with van der Waals surface area (Å²) in [5.74, 6) is -0.568. The molecule has 2 aliphatic rings. The van der Waals surface area contributed by atoms with Crippen LogP contribution in [0.15, 0.2) is 53.0 Å². The highest BCUT2D eigenvalue weighted by atomic mass is 79.9. The molecule has 2 saturated heterocycles. The first-order valence-corrected chi connectivity index (χ1v) is 10.3. The highest BCUT2D eigenvalue weighted by Gasteiger charge is 2.54. The Morgan fingerprint density at radius 2 is 1.32 bits per heavy atom. The summed E-state index contributed by atoms with van der Waals surface area (Å²) in [6.45, 7) is 0. The molecule has 8 heteroatoms. The highest BCUT2D eigenvalue weighted by Crippen LogP contribution is 2.38. The Bertz CT molecular complexity index is 862. The van der Waals surface area contributed by atoms with Crippen molar-refractivity contribution < 1.29 is 17.6 Å². The number of carbonyl (C=O) groups excluding carboxylic acids is 1. The number of benzene rings is 2. The third-order valence-corrected chi connectivity index (χ3v) is 6.81. The summed E-state index contributed by atoms with van der Waals surface area (Å²) in [6, 6.07) is 11.5. The Labute approximate surface area is 153 Å². The molecule has 2 fully saturated rings. The molecular weight excluding hydrogens is 411 g/mol. The van der Waals surface area contributed by atoms with E-state index in [2.05, 4.69) is 15.9 Å². The second kappa shape index (κ2) is 5.81. The molecule has 0 aromatic heterocycles. The summed E-state index contributed by atoms with van der Waals surface area (Å²) in [4.78, 5) is 16.1. The van der Waals surface area contributed by atoms with Crippen LogP contribution in [0.5, 0.6) is 0 Å². The zero-order valence-corrected chi connectivity index (χ0v) is 15.4. The first-order valence-electron chi connectivity index (χ1n) is 7.70. The Balaban J connectivity index is 1.79. The molecule has 2 amide bonds. The van der Waals surface area contributed by atoms with E-state index in [0.29, 0.717) is 11.4 Å². The molecule has 2 aliphatic heterocycles. The van der Waals surface area contributed by atoms with E-state index in [1.165, 1.54) is 34.1 Å². The summed E-state index contributed by atoms with van der Waals surface area (Å²) < 4.78 is 38.5. The van der Waals surface area contributed by atoms with Gasteiger partial charge in [0.15, 0.2) is 9.84 Å². The Hall–Kier alpha value is -1.93. The Morgan fingerprint density at radius 3 is 1.80 bits per heavy atom. The molecule has 4 rings (SSSR count). The van der Waals surface area contributed by atoms with E-state index in [0.717, 1.165) is 4.47 Å². The van der Waals surface area contributed by atoms with Crippen molar-refractivity contribution in [1.82, 2.24) is 0 Å². The molecule has 2 aromatic carbocycles. The number of hydrogen-bond donors (Lipinski definition) is 0. The number of rotatable bonds is 2. The van der Waals surface area contributed by atoms with Crippen LogP contribution in [0.4, 0.5) is 20.6 Å². The summed E-state index contributed by atoms with van der Waals surface area (Å²) in [5, 5.41) is 0. The normalized spacial score (nSPS) is 24.6. The van der Waals surface area contributed by atoms with E-state index >= 15 is 0 Å². The van der Waals surface area contributed by atoms with Crippen LogP contribution in [0.25, 0.3) is 0 Å². The molecule has 0 radical (unpaired) electrons.